The van der Waals surface area contributed by atoms with Crippen LogP contribution in [-0.4, -0.2) is 6.61 Å². The Hall–Kier alpha value is -2.04. The number of ether oxygens (including phenoxy) is 1. The predicted molar refractivity (Wildman–Crippen MR) is 151 cm³/mol. The first-order valence-corrected chi connectivity index (χ1v) is 15.6. The Labute approximate surface area is 232 Å². The van der Waals surface area contributed by atoms with E-state index in [4.69, 9.17) is 4.74 Å². The summed E-state index contributed by atoms with van der Waals surface area (Å²) in [5, 5.41) is 0. The molecule has 216 valence electrons. The maximum atomic E-state index is 15.2. The molecular formula is C34H46F4O. The average Bonchev–Trinajstić information content (AvgIpc) is 3.77. The third-order valence-corrected chi connectivity index (χ3v) is 8.73. The van der Waals surface area contributed by atoms with Gasteiger partial charge in [-0.2, -0.15) is 4.39 Å². The number of rotatable bonds is 17. The van der Waals surface area contributed by atoms with E-state index in [1.165, 1.54) is 76.0 Å². The summed E-state index contributed by atoms with van der Waals surface area (Å²) in [6, 6.07) is 4.13. The van der Waals surface area contributed by atoms with Gasteiger partial charge < -0.3 is 4.74 Å². The predicted octanol–water partition coefficient (Wildman–Crippen LogP) is 10.9. The summed E-state index contributed by atoms with van der Waals surface area (Å²) < 4.78 is 65.5. The Kier molecular flexibility index (Phi) is 11.6. The summed E-state index contributed by atoms with van der Waals surface area (Å²) in [7, 11) is 0. The molecular weight excluding hydrogens is 500 g/mol. The largest absolute Gasteiger partial charge is 0.490 e. The summed E-state index contributed by atoms with van der Waals surface area (Å²) >= 11 is 0. The smallest absolute Gasteiger partial charge is 0.201 e. The molecule has 39 heavy (non-hydrogen) atoms. The first kappa shape index (κ1) is 29.9. The van der Waals surface area contributed by atoms with Crippen molar-refractivity contribution in [2.75, 3.05) is 6.61 Å². The molecule has 0 spiro atoms. The molecule has 5 heteroatoms. The van der Waals surface area contributed by atoms with E-state index in [1.54, 1.807) is 0 Å². The van der Waals surface area contributed by atoms with Gasteiger partial charge in [-0.25, -0.2) is 13.2 Å². The number of unbranched alkanes of at least 4 members (excludes halogenated alkanes) is 9. The fraction of sp³-hybridized carbons (Fsp3) is 0.647. The van der Waals surface area contributed by atoms with Crippen LogP contribution < -0.4 is 4.74 Å². The van der Waals surface area contributed by atoms with Gasteiger partial charge in [-0.15, -0.1) is 0 Å². The molecule has 2 aliphatic rings. The summed E-state index contributed by atoms with van der Waals surface area (Å²) in [6.45, 7) is 2.38. The third-order valence-electron chi connectivity index (χ3n) is 8.73. The molecule has 1 nitrogen and oxygen atoms in total. The number of hydrogen-bond acceptors (Lipinski definition) is 1. The molecule has 0 heterocycles. The van der Waals surface area contributed by atoms with Crippen molar-refractivity contribution in [3.05, 3.63) is 52.6 Å². The molecule has 0 bridgehead atoms. The van der Waals surface area contributed by atoms with Crippen LogP contribution in [0.4, 0.5) is 17.6 Å². The van der Waals surface area contributed by atoms with Gasteiger partial charge in [0.2, 0.25) is 5.82 Å². The third kappa shape index (κ3) is 8.47. The highest BCUT2D eigenvalue weighted by Gasteiger charge is 2.28. The lowest BCUT2D eigenvalue weighted by Crippen LogP contribution is -2.17. The van der Waals surface area contributed by atoms with Crippen molar-refractivity contribution in [3.8, 4) is 16.9 Å². The molecule has 0 radical (unpaired) electrons. The first-order chi connectivity index (χ1) is 19.0. The Morgan fingerprint density at radius 1 is 0.667 bits per heavy atom. The number of halogens is 4. The molecule has 0 aromatic heterocycles. The van der Waals surface area contributed by atoms with Gasteiger partial charge in [0.05, 0.1) is 6.61 Å². The van der Waals surface area contributed by atoms with E-state index in [2.05, 4.69) is 6.92 Å². The van der Waals surface area contributed by atoms with Crippen molar-refractivity contribution >= 4 is 0 Å². The second kappa shape index (κ2) is 15.1. The van der Waals surface area contributed by atoms with E-state index in [-0.39, 0.29) is 16.9 Å². The lowest BCUT2D eigenvalue weighted by atomic mass is 9.80. The minimum absolute atomic E-state index is 0.192. The summed E-state index contributed by atoms with van der Waals surface area (Å²) in [5.74, 6) is -3.16. The zero-order chi connectivity index (χ0) is 27.6. The zero-order valence-corrected chi connectivity index (χ0v) is 23.7. The Morgan fingerprint density at radius 3 is 2.00 bits per heavy atom. The van der Waals surface area contributed by atoms with Crippen molar-refractivity contribution in [2.45, 2.75) is 122 Å². The molecule has 0 amide bonds. The van der Waals surface area contributed by atoms with E-state index in [0.29, 0.717) is 36.5 Å². The fourth-order valence-electron chi connectivity index (χ4n) is 6.07. The lowest BCUT2D eigenvalue weighted by molar-refractivity contribution is 0.285. The van der Waals surface area contributed by atoms with Crippen LogP contribution in [0.2, 0.25) is 0 Å². The van der Waals surface area contributed by atoms with Crippen molar-refractivity contribution in [3.63, 3.8) is 0 Å². The number of benzene rings is 2. The van der Waals surface area contributed by atoms with Gasteiger partial charge in [0.15, 0.2) is 23.2 Å². The van der Waals surface area contributed by atoms with E-state index < -0.39 is 23.3 Å². The number of aryl methyl sites for hydroxylation is 1. The highest BCUT2D eigenvalue weighted by molar-refractivity contribution is 5.68. The Bertz CT molecular complexity index is 1060. The molecule has 1 saturated carbocycles. The average molecular weight is 547 g/mol. The minimum atomic E-state index is -1.20. The SMILES string of the molecule is CCCCCCOc1ccc(-c2cc3c(c(F)c2F)CC(CCCCCCCCCC2CC2)CC3)c(F)c1F. The van der Waals surface area contributed by atoms with Crippen LogP contribution in [0.1, 0.15) is 121 Å². The van der Waals surface area contributed by atoms with Crippen LogP contribution in [0.25, 0.3) is 11.1 Å². The van der Waals surface area contributed by atoms with Crippen molar-refractivity contribution in [1.82, 2.24) is 0 Å². The Morgan fingerprint density at radius 2 is 1.31 bits per heavy atom. The van der Waals surface area contributed by atoms with Crippen LogP contribution in [0, 0.1) is 35.1 Å². The summed E-state index contributed by atoms with van der Waals surface area (Å²) in [5.41, 5.74) is 0.644. The van der Waals surface area contributed by atoms with Gasteiger partial charge in [0.1, 0.15) is 0 Å². The molecule has 0 aliphatic heterocycles. The molecule has 0 N–H and O–H groups in total. The summed E-state index contributed by atoms with van der Waals surface area (Å²) in [4.78, 5) is 0. The van der Waals surface area contributed by atoms with Gasteiger partial charge >= 0.3 is 0 Å². The topological polar surface area (TPSA) is 9.23 Å². The second-order valence-corrected chi connectivity index (χ2v) is 11.9. The molecule has 0 saturated heterocycles. The normalized spacial score (nSPS) is 16.9. The van der Waals surface area contributed by atoms with Crippen LogP contribution in [0.15, 0.2) is 18.2 Å². The van der Waals surface area contributed by atoms with Crippen LogP contribution >= 0.6 is 0 Å². The van der Waals surface area contributed by atoms with Crippen LogP contribution in [-0.2, 0) is 12.8 Å². The Balaban J connectivity index is 1.28. The van der Waals surface area contributed by atoms with Crippen LogP contribution in [0.3, 0.4) is 0 Å². The molecule has 1 unspecified atom stereocenters. The van der Waals surface area contributed by atoms with E-state index in [9.17, 15) is 8.78 Å². The maximum absolute atomic E-state index is 15.2. The van der Waals surface area contributed by atoms with E-state index in [0.717, 1.165) is 50.9 Å². The maximum Gasteiger partial charge on any atom is 0.201 e. The van der Waals surface area contributed by atoms with Crippen molar-refractivity contribution in [1.29, 1.82) is 0 Å². The molecule has 4 rings (SSSR count). The molecule has 1 atom stereocenters. The van der Waals surface area contributed by atoms with Crippen molar-refractivity contribution in [2.24, 2.45) is 11.8 Å². The second-order valence-electron chi connectivity index (χ2n) is 11.9. The van der Waals surface area contributed by atoms with Gasteiger partial charge in [0, 0.05) is 11.1 Å². The highest BCUT2D eigenvalue weighted by atomic mass is 19.2. The molecule has 2 aromatic carbocycles. The quantitative estimate of drug-likeness (QED) is 0.142. The standard InChI is InChI=1S/C34H46F4O/c1-2-3-4-12-21-39-30-20-19-27(31(35)34(30)38)29-23-26-18-17-25(22-28(26)32(36)33(29)37)14-11-9-7-5-6-8-10-13-24-15-16-24/h19-20,23-25H,2-18,21-22H2,1H3. The fourth-order valence-corrected chi connectivity index (χ4v) is 6.07. The van der Waals surface area contributed by atoms with E-state index in [1.807, 2.05) is 0 Å². The monoisotopic (exact) mass is 546 g/mol. The molecule has 2 aliphatic carbocycles. The highest BCUT2D eigenvalue weighted by Crippen LogP contribution is 2.38. The van der Waals surface area contributed by atoms with Gasteiger partial charge in [-0.05, 0) is 66.8 Å². The number of hydrogen-bond donors (Lipinski definition) is 0. The zero-order valence-electron chi connectivity index (χ0n) is 23.7. The molecule has 2 aromatic rings. The van der Waals surface area contributed by atoms with Crippen molar-refractivity contribution < 1.29 is 22.3 Å². The van der Waals surface area contributed by atoms with E-state index >= 15 is 8.78 Å². The van der Waals surface area contributed by atoms with Gasteiger partial charge in [-0.1, -0.05) is 96.8 Å². The van der Waals surface area contributed by atoms with Gasteiger partial charge in [0.25, 0.3) is 0 Å². The first-order valence-electron chi connectivity index (χ1n) is 15.6. The van der Waals surface area contributed by atoms with Crippen LogP contribution in [0.5, 0.6) is 5.75 Å². The lowest BCUT2D eigenvalue weighted by Gasteiger charge is -2.26. The minimum Gasteiger partial charge on any atom is -0.490 e. The molecule has 1 fully saturated rings. The number of fused-ring (bicyclic) bond motifs is 1. The summed E-state index contributed by atoms with van der Waals surface area (Å²) in [6.07, 6.45) is 20.2. The van der Waals surface area contributed by atoms with Gasteiger partial charge in [-0.3, -0.25) is 0 Å².